The highest BCUT2D eigenvalue weighted by atomic mass is 16.6. The van der Waals surface area contributed by atoms with Crippen LogP contribution in [0.3, 0.4) is 0 Å². The lowest BCUT2D eigenvalue weighted by atomic mass is 10.1. The van der Waals surface area contributed by atoms with Gasteiger partial charge in [-0.2, -0.15) is 0 Å². The number of nitro benzene ring substituents is 1. The van der Waals surface area contributed by atoms with Gasteiger partial charge in [-0.15, -0.1) is 0 Å². The van der Waals surface area contributed by atoms with Gasteiger partial charge in [0.15, 0.2) is 0 Å². The van der Waals surface area contributed by atoms with E-state index in [1.54, 1.807) is 0 Å². The third-order valence-electron chi connectivity index (χ3n) is 3.55. The normalized spacial score (nSPS) is 14.0. The average Bonchev–Trinajstić information content (AvgIpc) is 2.65. The number of nitrogens with zero attached hydrogens (tertiary/aromatic N) is 2. The number of carboxylic acids is 1. The minimum Gasteiger partial charge on any atom is -0.478 e. The number of methoxy groups -OCH3 is 2. The summed E-state index contributed by atoms with van der Waals surface area (Å²) in [5, 5.41) is 20.3. The zero-order valence-corrected chi connectivity index (χ0v) is 13.8. The Balaban J connectivity index is 2.68. The highest BCUT2D eigenvalue weighted by Gasteiger charge is 2.34. The molecular weight excluding hydrogens is 352 g/mol. The Morgan fingerprint density at radius 2 is 1.88 bits per heavy atom. The standard InChI is InChI=1S/C15H14N2O9/c1-24-14(20)10-6-26-7-16(12(10)15(21)25-2)11-4-3-8(17(22)23)5-9(11)13(18)19/h3-5H,6-7H2,1-2H3,(H,18,19). The third kappa shape index (κ3) is 3.47. The number of hydrogen-bond donors (Lipinski definition) is 1. The van der Waals surface area contributed by atoms with Crippen LogP contribution < -0.4 is 4.90 Å². The number of nitro groups is 1. The van der Waals surface area contributed by atoms with Crippen molar-refractivity contribution < 1.29 is 38.6 Å². The molecule has 1 N–H and O–H groups in total. The molecule has 0 radical (unpaired) electrons. The second kappa shape index (κ2) is 7.61. The van der Waals surface area contributed by atoms with Crippen LogP contribution in [0.2, 0.25) is 0 Å². The van der Waals surface area contributed by atoms with Crippen LogP contribution in [-0.2, 0) is 23.8 Å². The number of ether oxygens (including phenoxy) is 3. The van der Waals surface area contributed by atoms with E-state index >= 15 is 0 Å². The van der Waals surface area contributed by atoms with E-state index in [2.05, 4.69) is 9.47 Å². The van der Waals surface area contributed by atoms with Gasteiger partial charge >= 0.3 is 17.9 Å². The van der Waals surface area contributed by atoms with Gasteiger partial charge in [0.1, 0.15) is 12.4 Å². The predicted octanol–water partition coefficient (Wildman–Crippen LogP) is 0.687. The number of anilines is 1. The summed E-state index contributed by atoms with van der Waals surface area (Å²) in [5.41, 5.74) is -1.40. The van der Waals surface area contributed by atoms with Gasteiger partial charge in [-0.3, -0.25) is 10.1 Å². The lowest BCUT2D eigenvalue weighted by Gasteiger charge is -2.31. The highest BCUT2D eigenvalue weighted by Crippen LogP contribution is 2.31. The van der Waals surface area contributed by atoms with Crippen molar-refractivity contribution >= 4 is 29.3 Å². The molecule has 11 nitrogen and oxygen atoms in total. The van der Waals surface area contributed by atoms with Crippen molar-refractivity contribution in [2.75, 3.05) is 32.5 Å². The predicted molar refractivity (Wildman–Crippen MR) is 84.4 cm³/mol. The zero-order valence-electron chi connectivity index (χ0n) is 13.8. The minimum absolute atomic E-state index is 0.0791. The number of rotatable bonds is 5. The number of esters is 2. The summed E-state index contributed by atoms with van der Waals surface area (Å²) in [6, 6.07) is 3.07. The van der Waals surface area contributed by atoms with E-state index in [1.165, 1.54) is 0 Å². The molecule has 0 aliphatic carbocycles. The Labute approximate surface area is 146 Å². The van der Waals surface area contributed by atoms with Gasteiger partial charge in [-0.1, -0.05) is 0 Å². The van der Waals surface area contributed by atoms with Crippen LogP contribution in [0.15, 0.2) is 29.5 Å². The molecule has 0 unspecified atom stereocenters. The number of carbonyl (C=O) groups excluding carboxylic acids is 2. The van der Waals surface area contributed by atoms with Gasteiger partial charge in [0, 0.05) is 12.1 Å². The Hall–Kier alpha value is -3.47. The number of carboxylic acid groups (broad SMARTS) is 1. The molecule has 1 heterocycles. The van der Waals surface area contributed by atoms with Crippen molar-refractivity contribution in [1.29, 1.82) is 0 Å². The molecule has 0 bridgehead atoms. The summed E-state index contributed by atoms with van der Waals surface area (Å²) in [6.07, 6.45) is 0. The van der Waals surface area contributed by atoms with Crippen LogP contribution in [0.25, 0.3) is 0 Å². The van der Waals surface area contributed by atoms with E-state index in [0.29, 0.717) is 0 Å². The first-order valence-electron chi connectivity index (χ1n) is 7.08. The summed E-state index contributed by atoms with van der Waals surface area (Å²) < 4.78 is 14.5. The van der Waals surface area contributed by atoms with Gasteiger partial charge in [-0.05, 0) is 6.07 Å². The second-order valence-corrected chi connectivity index (χ2v) is 4.98. The van der Waals surface area contributed by atoms with Crippen LogP contribution >= 0.6 is 0 Å². The maximum atomic E-state index is 12.2. The number of carbonyl (C=O) groups is 3. The van der Waals surface area contributed by atoms with E-state index in [9.17, 15) is 29.6 Å². The van der Waals surface area contributed by atoms with Gasteiger partial charge in [0.25, 0.3) is 5.69 Å². The molecule has 0 spiro atoms. The van der Waals surface area contributed by atoms with Crippen LogP contribution in [0, 0.1) is 10.1 Å². The van der Waals surface area contributed by atoms with E-state index < -0.39 is 34.1 Å². The topological polar surface area (TPSA) is 146 Å². The molecule has 0 aromatic heterocycles. The second-order valence-electron chi connectivity index (χ2n) is 4.98. The number of aromatic carboxylic acids is 1. The fourth-order valence-corrected chi connectivity index (χ4v) is 2.38. The van der Waals surface area contributed by atoms with Gasteiger partial charge in [0.05, 0.1) is 42.6 Å². The quantitative estimate of drug-likeness (QED) is 0.448. The van der Waals surface area contributed by atoms with Crippen LogP contribution in [0.5, 0.6) is 0 Å². The SMILES string of the molecule is COC(=O)C1=C(C(=O)OC)N(c2ccc([N+](=O)[O-])cc2C(=O)O)COC1. The molecule has 1 aliphatic rings. The molecule has 1 aromatic rings. The van der Waals surface area contributed by atoms with Crippen molar-refractivity contribution in [2.45, 2.75) is 0 Å². The first-order valence-corrected chi connectivity index (χ1v) is 7.08. The Kier molecular flexibility index (Phi) is 5.52. The summed E-state index contributed by atoms with van der Waals surface area (Å²) in [6.45, 7) is -0.522. The van der Waals surface area contributed by atoms with Crippen LogP contribution in [0.1, 0.15) is 10.4 Å². The molecule has 1 aromatic carbocycles. The number of benzene rings is 1. The third-order valence-corrected chi connectivity index (χ3v) is 3.55. The Morgan fingerprint density at radius 1 is 1.23 bits per heavy atom. The molecule has 2 rings (SSSR count). The smallest absolute Gasteiger partial charge is 0.355 e. The summed E-state index contributed by atoms with van der Waals surface area (Å²) >= 11 is 0. The Morgan fingerprint density at radius 3 is 2.42 bits per heavy atom. The molecule has 0 saturated carbocycles. The van der Waals surface area contributed by atoms with Gasteiger partial charge in [-0.25, -0.2) is 14.4 Å². The Bertz CT molecular complexity index is 815. The molecule has 0 atom stereocenters. The van der Waals surface area contributed by atoms with Crippen LogP contribution in [-0.4, -0.2) is 55.5 Å². The molecule has 26 heavy (non-hydrogen) atoms. The molecule has 11 heteroatoms. The maximum absolute atomic E-state index is 12.2. The highest BCUT2D eigenvalue weighted by molar-refractivity contribution is 6.05. The lowest BCUT2D eigenvalue weighted by molar-refractivity contribution is -0.384. The first-order chi connectivity index (χ1) is 12.3. The van der Waals surface area contributed by atoms with E-state index in [0.717, 1.165) is 37.3 Å². The molecule has 138 valence electrons. The summed E-state index contributed by atoms with van der Waals surface area (Å²) in [5.74, 6) is -3.23. The van der Waals surface area contributed by atoms with E-state index in [4.69, 9.17) is 4.74 Å². The minimum atomic E-state index is -1.46. The average molecular weight is 366 g/mol. The first kappa shape index (κ1) is 18.9. The number of non-ortho nitro benzene ring substituents is 1. The van der Waals surface area contributed by atoms with Gasteiger partial charge in [0.2, 0.25) is 0 Å². The van der Waals surface area contributed by atoms with Crippen molar-refractivity contribution in [3.63, 3.8) is 0 Å². The molecule has 0 fully saturated rings. The maximum Gasteiger partial charge on any atom is 0.355 e. The summed E-state index contributed by atoms with van der Waals surface area (Å²) in [4.78, 5) is 46.9. The van der Waals surface area contributed by atoms with Crippen molar-refractivity contribution in [3.8, 4) is 0 Å². The van der Waals surface area contributed by atoms with Crippen molar-refractivity contribution in [3.05, 3.63) is 45.1 Å². The fourth-order valence-electron chi connectivity index (χ4n) is 2.38. The monoisotopic (exact) mass is 366 g/mol. The molecule has 0 saturated heterocycles. The molecule has 1 aliphatic heterocycles. The van der Waals surface area contributed by atoms with E-state index in [1.807, 2.05) is 0 Å². The van der Waals surface area contributed by atoms with Crippen molar-refractivity contribution in [2.24, 2.45) is 0 Å². The molecule has 0 amide bonds. The number of hydrogen-bond acceptors (Lipinski definition) is 9. The summed E-state index contributed by atoms with van der Waals surface area (Å²) in [7, 11) is 2.20. The van der Waals surface area contributed by atoms with Crippen LogP contribution in [0.4, 0.5) is 11.4 Å². The largest absolute Gasteiger partial charge is 0.478 e. The molecular formula is C15H14N2O9. The lowest BCUT2D eigenvalue weighted by Crippen LogP contribution is -2.39. The van der Waals surface area contributed by atoms with Crippen molar-refractivity contribution in [1.82, 2.24) is 0 Å². The fraction of sp³-hybridized carbons (Fsp3) is 0.267. The van der Waals surface area contributed by atoms with Gasteiger partial charge < -0.3 is 24.2 Å². The van der Waals surface area contributed by atoms with E-state index in [-0.39, 0.29) is 30.3 Å². The zero-order chi connectivity index (χ0) is 19.4.